The van der Waals surface area contributed by atoms with Crippen LogP contribution in [-0.4, -0.2) is 0 Å². The molecule has 0 aliphatic heterocycles. The molecule has 0 radical (unpaired) electrons. The Hall–Kier alpha value is -9.70. The van der Waals surface area contributed by atoms with Crippen molar-refractivity contribution in [2.45, 2.75) is 5.41 Å². The summed E-state index contributed by atoms with van der Waals surface area (Å²) in [6, 6.07) is 95.3. The molecule has 16 rings (SSSR count). The Morgan fingerprint density at radius 2 is 0.676 bits per heavy atom. The smallest absolute Gasteiger partial charge is 0.143 e. The summed E-state index contributed by atoms with van der Waals surface area (Å²) in [5, 5.41) is 6.82. The van der Waals surface area contributed by atoms with Crippen LogP contribution < -0.4 is 4.90 Å². The highest BCUT2D eigenvalue weighted by Gasteiger charge is 2.51. The van der Waals surface area contributed by atoms with Crippen LogP contribution in [0.25, 0.3) is 110 Å². The number of hydrogen-bond donors (Lipinski definition) is 0. The van der Waals surface area contributed by atoms with Gasteiger partial charge in [-0.05, 0) is 115 Å². The second kappa shape index (κ2) is 15.6. The molecule has 2 aliphatic rings. The van der Waals surface area contributed by atoms with E-state index < -0.39 is 5.41 Å². The second-order valence-corrected chi connectivity index (χ2v) is 19.8. The standard InChI is InChI=1S/C71H43NO2/c1-2-19-56-50(15-1)51(59-23-14-25-61-58-21-7-12-30-68(58)74-70(59)61)41-42-66(56)72(47-37-35-45(36-38-47)44-31-33-46(34-32-44)49-22-13-24-60-57-20-6-11-29-67(57)73-69(49)60)48-39-40-55-54-18-5-10-28-64(54)71(65(55)43-48)62-26-8-3-16-52(62)53-17-4-9-27-63(53)71/h1-43H. The first-order valence-corrected chi connectivity index (χ1v) is 25.5. The van der Waals surface area contributed by atoms with Crippen molar-refractivity contribution in [3.8, 4) is 55.6 Å². The highest BCUT2D eigenvalue weighted by atomic mass is 16.3. The molecule has 2 aromatic heterocycles. The van der Waals surface area contributed by atoms with Gasteiger partial charge < -0.3 is 13.7 Å². The van der Waals surface area contributed by atoms with Crippen LogP contribution in [0.3, 0.4) is 0 Å². The van der Waals surface area contributed by atoms with Crippen LogP contribution in [0.15, 0.2) is 270 Å². The molecule has 2 aliphatic carbocycles. The molecule has 0 amide bonds. The van der Waals surface area contributed by atoms with Gasteiger partial charge in [-0.25, -0.2) is 0 Å². The first kappa shape index (κ1) is 41.0. The van der Waals surface area contributed by atoms with E-state index in [0.717, 1.165) is 105 Å². The molecule has 0 saturated heterocycles. The van der Waals surface area contributed by atoms with Crippen molar-refractivity contribution in [1.82, 2.24) is 0 Å². The van der Waals surface area contributed by atoms with Crippen molar-refractivity contribution in [2.75, 3.05) is 4.90 Å². The zero-order valence-electron chi connectivity index (χ0n) is 40.1. The summed E-state index contributed by atoms with van der Waals surface area (Å²) in [5.74, 6) is 0. The van der Waals surface area contributed by atoms with E-state index in [1.165, 1.54) is 44.5 Å². The van der Waals surface area contributed by atoms with E-state index in [9.17, 15) is 0 Å². The van der Waals surface area contributed by atoms with Gasteiger partial charge in [-0.1, -0.05) is 218 Å². The highest BCUT2D eigenvalue weighted by Crippen LogP contribution is 2.63. The van der Waals surface area contributed by atoms with Crippen LogP contribution in [0.4, 0.5) is 17.1 Å². The van der Waals surface area contributed by atoms with Crippen molar-refractivity contribution in [3.05, 3.63) is 283 Å². The molecule has 0 unspecified atom stereocenters. The average Bonchev–Trinajstić information content (AvgIpc) is 4.22. The molecule has 12 aromatic carbocycles. The molecule has 0 fully saturated rings. The molecule has 0 bridgehead atoms. The maximum atomic E-state index is 6.66. The van der Waals surface area contributed by atoms with E-state index in [2.05, 4.69) is 248 Å². The fourth-order valence-corrected chi connectivity index (χ4v) is 12.9. The molecule has 344 valence electrons. The Bertz CT molecular complexity index is 4550. The Morgan fingerprint density at radius 3 is 1.28 bits per heavy atom. The molecule has 0 atom stereocenters. The number of hydrogen-bond acceptors (Lipinski definition) is 3. The van der Waals surface area contributed by atoms with Gasteiger partial charge in [-0.2, -0.15) is 0 Å². The van der Waals surface area contributed by atoms with Crippen LogP contribution in [0, 0.1) is 0 Å². The summed E-state index contributed by atoms with van der Waals surface area (Å²) in [6.07, 6.45) is 0. The molecule has 0 N–H and O–H groups in total. The fraction of sp³-hybridized carbons (Fsp3) is 0.0141. The zero-order chi connectivity index (χ0) is 48.5. The van der Waals surface area contributed by atoms with Crippen LogP contribution >= 0.6 is 0 Å². The minimum Gasteiger partial charge on any atom is -0.455 e. The van der Waals surface area contributed by atoms with Gasteiger partial charge in [-0.15, -0.1) is 0 Å². The first-order chi connectivity index (χ1) is 36.7. The van der Waals surface area contributed by atoms with Crippen LogP contribution in [0.2, 0.25) is 0 Å². The number of anilines is 3. The predicted molar refractivity (Wildman–Crippen MR) is 306 cm³/mol. The summed E-state index contributed by atoms with van der Waals surface area (Å²) in [7, 11) is 0. The van der Waals surface area contributed by atoms with E-state index in [4.69, 9.17) is 8.83 Å². The van der Waals surface area contributed by atoms with Crippen molar-refractivity contribution in [3.63, 3.8) is 0 Å². The van der Waals surface area contributed by atoms with Gasteiger partial charge in [-0.3, -0.25) is 0 Å². The lowest BCUT2D eigenvalue weighted by atomic mass is 9.70. The van der Waals surface area contributed by atoms with E-state index in [1.54, 1.807) is 0 Å². The second-order valence-electron chi connectivity index (χ2n) is 19.8. The third kappa shape index (κ3) is 5.72. The summed E-state index contributed by atoms with van der Waals surface area (Å²) in [5.41, 5.74) is 23.5. The minimum atomic E-state index is -0.482. The lowest BCUT2D eigenvalue weighted by Gasteiger charge is -2.32. The number of nitrogens with zero attached hydrogens (tertiary/aromatic N) is 1. The van der Waals surface area contributed by atoms with Gasteiger partial charge in [0.25, 0.3) is 0 Å². The third-order valence-corrected chi connectivity index (χ3v) is 16.1. The number of benzene rings is 12. The minimum absolute atomic E-state index is 0.482. The van der Waals surface area contributed by atoms with Gasteiger partial charge in [0.15, 0.2) is 0 Å². The van der Waals surface area contributed by atoms with Crippen LogP contribution in [0.1, 0.15) is 22.3 Å². The maximum Gasteiger partial charge on any atom is 0.143 e. The van der Waals surface area contributed by atoms with Crippen molar-refractivity contribution in [1.29, 1.82) is 0 Å². The number of furan rings is 2. The summed E-state index contributed by atoms with van der Waals surface area (Å²) >= 11 is 0. The molecule has 1 spiro atoms. The molecular weight excluding hydrogens is 899 g/mol. The number of fused-ring (bicyclic) bond motifs is 17. The molecule has 74 heavy (non-hydrogen) atoms. The Kier molecular flexibility index (Phi) is 8.66. The topological polar surface area (TPSA) is 29.5 Å². The molecule has 3 nitrogen and oxygen atoms in total. The normalized spacial score (nSPS) is 13.0. The highest BCUT2D eigenvalue weighted by molar-refractivity contribution is 6.14. The predicted octanol–water partition coefficient (Wildman–Crippen LogP) is 19.5. The first-order valence-electron chi connectivity index (χ1n) is 25.5. The van der Waals surface area contributed by atoms with E-state index in [0.29, 0.717) is 0 Å². The Balaban J connectivity index is 0.872. The van der Waals surface area contributed by atoms with Gasteiger partial charge in [0.2, 0.25) is 0 Å². The van der Waals surface area contributed by atoms with Gasteiger partial charge in [0.05, 0.1) is 11.1 Å². The van der Waals surface area contributed by atoms with Gasteiger partial charge in [0.1, 0.15) is 22.3 Å². The quantitative estimate of drug-likeness (QED) is 0.166. The third-order valence-electron chi connectivity index (χ3n) is 16.1. The SMILES string of the molecule is c1ccc2c(c1)-c1ccccc1C21c2ccccc2-c2ccc(N(c3ccc(-c4ccc(-c5cccc6c5oc5ccccc56)cc4)cc3)c3ccc(-c4cccc5c4oc4ccccc45)c4ccccc34)cc21. The lowest BCUT2D eigenvalue weighted by molar-refractivity contribution is 0.669. The average molecular weight is 942 g/mol. The van der Waals surface area contributed by atoms with Crippen molar-refractivity contribution >= 4 is 71.7 Å². The lowest BCUT2D eigenvalue weighted by Crippen LogP contribution is -2.26. The van der Waals surface area contributed by atoms with Gasteiger partial charge in [0, 0.05) is 49.4 Å². The summed E-state index contributed by atoms with van der Waals surface area (Å²) in [4.78, 5) is 2.47. The molecule has 3 heteroatoms. The molecule has 2 heterocycles. The van der Waals surface area contributed by atoms with Crippen LogP contribution in [0.5, 0.6) is 0 Å². The molecule has 0 saturated carbocycles. The maximum absolute atomic E-state index is 6.66. The number of rotatable bonds is 6. The molecular formula is C71H43NO2. The van der Waals surface area contributed by atoms with Crippen molar-refractivity contribution in [2.24, 2.45) is 0 Å². The van der Waals surface area contributed by atoms with Crippen LogP contribution in [-0.2, 0) is 5.41 Å². The van der Waals surface area contributed by atoms with Gasteiger partial charge >= 0.3 is 0 Å². The largest absolute Gasteiger partial charge is 0.455 e. The van der Waals surface area contributed by atoms with E-state index in [1.807, 2.05) is 18.2 Å². The Labute approximate surface area is 427 Å². The summed E-state index contributed by atoms with van der Waals surface area (Å²) < 4.78 is 13.1. The van der Waals surface area contributed by atoms with Crippen molar-refractivity contribution < 1.29 is 8.83 Å². The fourth-order valence-electron chi connectivity index (χ4n) is 12.9. The van der Waals surface area contributed by atoms with E-state index in [-0.39, 0.29) is 0 Å². The molecule has 14 aromatic rings. The van der Waals surface area contributed by atoms with E-state index >= 15 is 0 Å². The monoisotopic (exact) mass is 941 g/mol. The Morgan fingerprint density at radius 1 is 0.257 bits per heavy atom. The summed E-state index contributed by atoms with van der Waals surface area (Å²) in [6.45, 7) is 0. The zero-order valence-corrected chi connectivity index (χ0v) is 40.1. The number of para-hydroxylation sites is 4.